The van der Waals surface area contributed by atoms with E-state index in [2.05, 4.69) is 5.32 Å². The third-order valence-corrected chi connectivity index (χ3v) is 6.27. The van der Waals surface area contributed by atoms with E-state index in [0.29, 0.717) is 5.75 Å². The highest BCUT2D eigenvalue weighted by atomic mass is 32.2. The molecule has 0 spiro atoms. The largest absolute Gasteiger partial charge is 0.477 e. The second kappa shape index (κ2) is 6.74. The third kappa shape index (κ3) is 3.20. The van der Waals surface area contributed by atoms with E-state index in [-0.39, 0.29) is 11.3 Å². The summed E-state index contributed by atoms with van der Waals surface area (Å²) < 4.78 is 32.8. The molecule has 9 nitrogen and oxygen atoms in total. The van der Waals surface area contributed by atoms with E-state index in [1.165, 1.54) is 42.1 Å². The molecular formula is C15H14N2O7S2. The Hall–Kier alpha value is -2.37. The van der Waals surface area contributed by atoms with Gasteiger partial charge in [-0.2, -0.15) is 8.42 Å². The number of benzene rings is 1. The van der Waals surface area contributed by atoms with Crippen LogP contribution in [0.25, 0.3) is 0 Å². The second-order valence-corrected chi connectivity index (χ2v) is 8.27. The molecule has 2 aliphatic rings. The van der Waals surface area contributed by atoms with Crippen molar-refractivity contribution in [3.63, 3.8) is 0 Å². The lowest BCUT2D eigenvalue weighted by Crippen LogP contribution is -2.70. The van der Waals surface area contributed by atoms with Gasteiger partial charge in [0.1, 0.15) is 17.1 Å². The molecule has 0 saturated carbocycles. The smallest absolute Gasteiger partial charge is 0.352 e. The van der Waals surface area contributed by atoms with Crippen molar-refractivity contribution >= 4 is 39.7 Å². The van der Waals surface area contributed by atoms with E-state index in [1.807, 2.05) is 0 Å². The van der Waals surface area contributed by atoms with Crippen LogP contribution >= 0.6 is 11.8 Å². The zero-order valence-corrected chi connectivity index (χ0v) is 14.7. The van der Waals surface area contributed by atoms with Crippen LogP contribution in [0, 0.1) is 0 Å². The zero-order valence-electron chi connectivity index (χ0n) is 13.1. The third-order valence-electron chi connectivity index (χ3n) is 4.00. The van der Waals surface area contributed by atoms with Crippen molar-refractivity contribution in [2.24, 2.45) is 0 Å². The number of carbonyl (C=O) groups is 3. The lowest BCUT2D eigenvalue weighted by Gasteiger charge is -2.48. The Balaban J connectivity index is 1.81. The van der Waals surface area contributed by atoms with Crippen LogP contribution in [0.5, 0.6) is 0 Å². The predicted octanol–water partition coefficient (Wildman–Crippen LogP) is -0.0161. The number of hydrogen-bond acceptors (Lipinski definition) is 6. The van der Waals surface area contributed by atoms with Crippen LogP contribution in [0.15, 0.2) is 42.1 Å². The number of rotatable bonds is 5. The summed E-state index contributed by atoms with van der Waals surface area (Å²) in [5.74, 6) is -2.62. The number of thioether (sulfide) groups is 1. The van der Waals surface area contributed by atoms with E-state index < -0.39 is 44.6 Å². The normalized spacial score (nSPS) is 23.3. The topological polar surface area (TPSA) is 141 Å². The molecule has 3 rings (SSSR count). The Morgan fingerprint density at radius 1 is 1.27 bits per heavy atom. The van der Waals surface area contributed by atoms with Crippen molar-refractivity contribution in [1.29, 1.82) is 0 Å². The average Bonchev–Trinajstić information content (AvgIpc) is 2.58. The summed E-state index contributed by atoms with van der Waals surface area (Å²) in [6, 6.07) is 6.31. The number of carboxylic acid groups (broad SMARTS) is 1. The van der Waals surface area contributed by atoms with Crippen molar-refractivity contribution in [1.82, 2.24) is 10.2 Å². The molecule has 1 saturated heterocycles. The van der Waals surface area contributed by atoms with Crippen LogP contribution in [0.3, 0.4) is 0 Å². The first kappa shape index (κ1) is 18.4. The van der Waals surface area contributed by atoms with Crippen molar-refractivity contribution in [2.75, 3.05) is 5.75 Å². The number of fused-ring (bicyclic) bond motifs is 1. The summed E-state index contributed by atoms with van der Waals surface area (Å²) in [6.07, 6.45) is 1.39. The molecule has 1 fully saturated rings. The lowest BCUT2D eigenvalue weighted by atomic mass is 10.0. The maximum Gasteiger partial charge on any atom is 0.352 e. The van der Waals surface area contributed by atoms with Gasteiger partial charge in [-0.25, -0.2) is 4.79 Å². The minimum Gasteiger partial charge on any atom is -0.477 e. The van der Waals surface area contributed by atoms with Crippen molar-refractivity contribution in [3.8, 4) is 0 Å². The highest BCUT2D eigenvalue weighted by Crippen LogP contribution is 2.37. The van der Waals surface area contributed by atoms with Gasteiger partial charge in [0.05, 0.1) is 0 Å². The number of nitrogens with zero attached hydrogens (tertiary/aromatic N) is 1. The highest BCUT2D eigenvalue weighted by Gasteiger charge is 2.53. The molecule has 0 radical (unpaired) electrons. The number of carboxylic acids is 1. The molecule has 11 heteroatoms. The number of aliphatic carboxylic acids is 1. The molecule has 1 aromatic carbocycles. The molecule has 26 heavy (non-hydrogen) atoms. The van der Waals surface area contributed by atoms with Crippen LogP contribution in [-0.4, -0.2) is 57.9 Å². The standard InChI is InChI=1S/C15H14N2O7S2/c18-12(11(26(22,23)24)8-4-2-1-3-5-8)16-10-13(19)17-9(15(20)21)6-7-25-14(10)17/h1-6,10-11,14H,7H2,(H,16,18)(H,20,21)(H,22,23,24)/t10-,11?,14+/m1/s1. The molecule has 1 unspecified atom stereocenters. The SMILES string of the molecule is O=C(O)C1=CCS[C@H]2[C@H](NC(=O)C(c3ccccc3)S(=O)(=O)O)C(=O)N12. The summed E-state index contributed by atoms with van der Waals surface area (Å²) in [7, 11) is -4.77. The van der Waals surface area contributed by atoms with E-state index in [0.717, 1.165) is 4.90 Å². The van der Waals surface area contributed by atoms with Gasteiger partial charge in [-0.3, -0.25) is 19.0 Å². The van der Waals surface area contributed by atoms with Crippen LogP contribution in [0.2, 0.25) is 0 Å². The van der Waals surface area contributed by atoms with E-state index >= 15 is 0 Å². The minimum atomic E-state index is -4.77. The molecule has 2 aliphatic heterocycles. The van der Waals surface area contributed by atoms with Gasteiger partial charge in [0.15, 0.2) is 5.25 Å². The van der Waals surface area contributed by atoms with Gasteiger partial charge in [0.2, 0.25) is 5.91 Å². The first-order valence-electron chi connectivity index (χ1n) is 7.41. The Labute approximate surface area is 152 Å². The zero-order chi connectivity index (χ0) is 19.1. The van der Waals surface area contributed by atoms with E-state index in [4.69, 9.17) is 5.11 Å². The van der Waals surface area contributed by atoms with Gasteiger partial charge in [-0.1, -0.05) is 30.3 Å². The van der Waals surface area contributed by atoms with Gasteiger partial charge in [-0.05, 0) is 11.6 Å². The molecule has 2 heterocycles. The quantitative estimate of drug-likeness (QED) is 0.464. The molecule has 0 aromatic heterocycles. The van der Waals surface area contributed by atoms with Crippen LogP contribution in [-0.2, 0) is 24.5 Å². The highest BCUT2D eigenvalue weighted by molar-refractivity contribution is 8.00. The number of amides is 2. The number of hydrogen-bond donors (Lipinski definition) is 3. The van der Waals surface area contributed by atoms with Gasteiger partial charge in [0, 0.05) is 5.75 Å². The minimum absolute atomic E-state index is 0.0542. The van der Waals surface area contributed by atoms with Crippen LogP contribution in [0.1, 0.15) is 10.8 Å². The maximum atomic E-state index is 12.5. The summed E-state index contributed by atoms with van der Waals surface area (Å²) in [4.78, 5) is 36.9. The summed E-state index contributed by atoms with van der Waals surface area (Å²) in [5, 5.41) is 8.92. The molecule has 1 aromatic rings. The number of carbonyl (C=O) groups excluding carboxylic acids is 2. The lowest BCUT2D eigenvalue weighted by molar-refractivity contribution is -0.150. The fourth-order valence-corrected chi connectivity index (χ4v) is 4.89. The van der Waals surface area contributed by atoms with Gasteiger partial charge >= 0.3 is 5.97 Å². The molecular weight excluding hydrogens is 384 g/mol. The summed E-state index contributed by atoms with van der Waals surface area (Å²) in [5.41, 5.74) is -0.114. The Morgan fingerprint density at radius 2 is 1.92 bits per heavy atom. The van der Waals surface area contributed by atoms with Gasteiger partial charge in [-0.15, -0.1) is 11.8 Å². The summed E-state index contributed by atoms with van der Waals surface area (Å²) in [6.45, 7) is 0. The fraction of sp³-hybridized carbons (Fsp3) is 0.267. The molecule has 0 aliphatic carbocycles. The monoisotopic (exact) mass is 398 g/mol. The Morgan fingerprint density at radius 3 is 2.50 bits per heavy atom. The predicted molar refractivity (Wildman–Crippen MR) is 91.5 cm³/mol. The van der Waals surface area contributed by atoms with Crippen molar-refractivity contribution < 1.29 is 32.5 Å². The van der Waals surface area contributed by atoms with Crippen molar-refractivity contribution in [2.45, 2.75) is 16.7 Å². The molecule has 3 N–H and O–H groups in total. The Kier molecular flexibility index (Phi) is 4.78. The van der Waals surface area contributed by atoms with Gasteiger partial charge in [0.25, 0.3) is 16.0 Å². The second-order valence-electron chi connectivity index (χ2n) is 5.62. The average molecular weight is 398 g/mol. The van der Waals surface area contributed by atoms with E-state index in [9.17, 15) is 27.4 Å². The van der Waals surface area contributed by atoms with Crippen molar-refractivity contribution in [3.05, 3.63) is 47.7 Å². The van der Waals surface area contributed by atoms with Crippen LogP contribution < -0.4 is 5.32 Å². The molecule has 0 bridgehead atoms. The first-order valence-corrected chi connectivity index (χ1v) is 9.96. The number of β-lactam (4-membered cyclic amide) rings is 1. The van der Waals surface area contributed by atoms with Crippen LogP contribution in [0.4, 0.5) is 0 Å². The molecule has 138 valence electrons. The van der Waals surface area contributed by atoms with Gasteiger partial charge < -0.3 is 10.4 Å². The Bertz CT molecular complexity index is 898. The molecule has 3 atom stereocenters. The fourth-order valence-electron chi connectivity index (χ4n) is 2.85. The maximum absolute atomic E-state index is 12.5. The first-order chi connectivity index (χ1) is 12.2. The molecule has 2 amide bonds. The number of nitrogens with one attached hydrogen (secondary N) is 1. The van der Waals surface area contributed by atoms with E-state index in [1.54, 1.807) is 6.07 Å². The summed E-state index contributed by atoms with van der Waals surface area (Å²) >= 11 is 1.24.